The molecule has 3 aromatic rings. The van der Waals surface area contributed by atoms with Crippen LogP contribution < -0.4 is 10.1 Å². The molecular formula is C26H30ClNO. The van der Waals surface area contributed by atoms with Crippen molar-refractivity contribution >= 4 is 12.4 Å². The lowest BCUT2D eigenvalue weighted by Gasteiger charge is -2.25. The van der Waals surface area contributed by atoms with E-state index in [1.54, 1.807) is 0 Å². The first-order valence-corrected chi connectivity index (χ1v) is 10.4. The Morgan fingerprint density at radius 1 is 0.897 bits per heavy atom. The lowest BCUT2D eigenvalue weighted by molar-refractivity contribution is 0.305. The summed E-state index contributed by atoms with van der Waals surface area (Å²) >= 11 is 0. The molecule has 0 aliphatic heterocycles. The van der Waals surface area contributed by atoms with E-state index in [4.69, 9.17) is 4.74 Å². The van der Waals surface area contributed by atoms with Gasteiger partial charge in [-0.25, -0.2) is 0 Å². The van der Waals surface area contributed by atoms with Gasteiger partial charge in [0, 0.05) is 0 Å². The number of nitrogens with one attached hydrogen (secondary N) is 1. The van der Waals surface area contributed by atoms with E-state index >= 15 is 0 Å². The second kappa shape index (κ2) is 10.5. The van der Waals surface area contributed by atoms with Crippen LogP contribution in [0.25, 0.3) is 11.1 Å². The van der Waals surface area contributed by atoms with Crippen molar-refractivity contribution in [2.45, 2.75) is 32.8 Å². The van der Waals surface area contributed by atoms with Gasteiger partial charge < -0.3 is 10.1 Å². The summed E-state index contributed by atoms with van der Waals surface area (Å²) in [6, 6.07) is 25.8. The van der Waals surface area contributed by atoms with E-state index in [0.717, 1.165) is 31.2 Å². The van der Waals surface area contributed by atoms with Crippen LogP contribution in [0.4, 0.5) is 0 Å². The zero-order chi connectivity index (χ0) is 19.2. The number of hydrogen-bond donors (Lipinski definition) is 1. The maximum absolute atomic E-state index is 6.08. The molecule has 1 N–H and O–H groups in total. The van der Waals surface area contributed by atoms with Gasteiger partial charge in [0.1, 0.15) is 12.4 Å². The highest BCUT2D eigenvalue weighted by molar-refractivity contribution is 5.85. The lowest BCUT2D eigenvalue weighted by atomic mass is 9.84. The Hall–Kier alpha value is -2.29. The fraction of sp³-hybridized carbons (Fsp3) is 0.308. The molecule has 29 heavy (non-hydrogen) atoms. The molecule has 0 saturated carbocycles. The number of rotatable bonds is 7. The Labute approximate surface area is 180 Å². The van der Waals surface area contributed by atoms with Crippen LogP contribution in [0.15, 0.2) is 72.8 Å². The largest absolute Gasteiger partial charge is 0.489 e. The van der Waals surface area contributed by atoms with Crippen molar-refractivity contribution in [3.05, 3.63) is 89.5 Å². The number of aryl methyl sites for hydroxylation is 1. The van der Waals surface area contributed by atoms with E-state index in [2.05, 4.69) is 79.0 Å². The van der Waals surface area contributed by atoms with Gasteiger partial charge in [0.15, 0.2) is 0 Å². The van der Waals surface area contributed by atoms with Gasteiger partial charge in [-0.3, -0.25) is 0 Å². The van der Waals surface area contributed by atoms with E-state index in [-0.39, 0.29) is 12.4 Å². The summed E-state index contributed by atoms with van der Waals surface area (Å²) < 4.78 is 6.08. The Morgan fingerprint density at radius 2 is 1.66 bits per heavy atom. The van der Waals surface area contributed by atoms with Crippen LogP contribution >= 0.6 is 12.4 Å². The second-order valence-electron chi connectivity index (χ2n) is 7.70. The molecule has 1 unspecified atom stereocenters. The van der Waals surface area contributed by atoms with Crippen molar-refractivity contribution in [3.63, 3.8) is 0 Å². The number of ether oxygens (including phenoxy) is 1. The highest BCUT2D eigenvalue weighted by Gasteiger charge is 2.18. The molecule has 1 aliphatic carbocycles. The van der Waals surface area contributed by atoms with E-state index < -0.39 is 0 Å². The average Bonchev–Trinajstić information content (AvgIpc) is 2.77. The first-order valence-electron chi connectivity index (χ1n) is 10.4. The van der Waals surface area contributed by atoms with Crippen LogP contribution in [0.1, 0.15) is 30.0 Å². The first-order chi connectivity index (χ1) is 13.8. The fourth-order valence-electron chi connectivity index (χ4n) is 4.01. The fourth-order valence-corrected chi connectivity index (χ4v) is 4.01. The van der Waals surface area contributed by atoms with Crippen molar-refractivity contribution in [2.24, 2.45) is 5.92 Å². The van der Waals surface area contributed by atoms with Crippen molar-refractivity contribution in [2.75, 3.05) is 13.1 Å². The monoisotopic (exact) mass is 407 g/mol. The van der Waals surface area contributed by atoms with Gasteiger partial charge in [-0.15, -0.1) is 12.4 Å². The summed E-state index contributed by atoms with van der Waals surface area (Å²) in [7, 11) is 0. The van der Waals surface area contributed by atoms with Crippen LogP contribution in [0, 0.1) is 5.92 Å². The normalized spacial score (nSPS) is 15.3. The van der Waals surface area contributed by atoms with Gasteiger partial charge in [0.2, 0.25) is 0 Å². The van der Waals surface area contributed by atoms with E-state index in [1.807, 2.05) is 6.07 Å². The third-order valence-electron chi connectivity index (χ3n) is 5.66. The summed E-state index contributed by atoms with van der Waals surface area (Å²) in [4.78, 5) is 0. The van der Waals surface area contributed by atoms with Crippen LogP contribution in [-0.4, -0.2) is 13.1 Å². The van der Waals surface area contributed by atoms with Crippen LogP contribution in [0.2, 0.25) is 0 Å². The number of hydrogen-bond acceptors (Lipinski definition) is 2. The molecule has 0 heterocycles. The summed E-state index contributed by atoms with van der Waals surface area (Å²) in [6.07, 6.45) is 3.61. The third-order valence-corrected chi connectivity index (χ3v) is 5.66. The van der Waals surface area contributed by atoms with Gasteiger partial charge in [0.25, 0.3) is 0 Å². The highest BCUT2D eigenvalue weighted by Crippen LogP contribution is 2.29. The van der Waals surface area contributed by atoms with Crippen LogP contribution in [0.3, 0.4) is 0 Å². The maximum Gasteiger partial charge on any atom is 0.120 e. The molecule has 0 fully saturated rings. The van der Waals surface area contributed by atoms with Crippen LogP contribution in [-0.2, 0) is 19.4 Å². The highest BCUT2D eigenvalue weighted by atomic mass is 35.5. The van der Waals surface area contributed by atoms with Gasteiger partial charge >= 0.3 is 0 Å². The van der Waals surface area contributed by atoms with Gasteiger partial charge in [-0.1, -0.05) is 67.6 Å². The van der Waals surface area contributed by atoms with Crippen molar-refractivity contribution < 1.29 is 4.74 Å². The molecule has 0 radical (unpaired) electrons. The smallest absolute Gasteiger partial charge is 0.120 e. The van der Waals surface area contributed by atoms with Crippen molar-refractivity contribution in [1.29, 1.82) is 0 Å². The molecule has 4 rings (SSSR count). The van der Waals surface area contributed by atoms with Gasteiger partial charge in [-0.05, 0) is 78.2 Å². The third kappa shape index (κ3) is 5.62. The van der Waals surface area contributed by atoms with E-state index in [9.17, 15) is 0 Å². The van der Waals surface area contributed by atoms with Gasteiger partial charge in [0.05, 0.1) is 0 Å². The minimum absolute atomic E-state index is 0. The van der Waals surface area contributed by atoms with E-state index in [1.165, 1.54) is 40.7 Å². The lowest BCUT2D eigenvalue weighted by Crippen LogP contribution is -2.27. The van der Waals surface area contributed by atoms with Crippen molar-refractivity contribution in [3.8, 4) is 16.9 Å². The molecule has 3 aromatic carbocycles. The Bertz CT molecular complexity index is 892. The molecule has 3 heteroatoms. The Morgan fingerprint density at radius 3 is 2.41 bits per heavy atom. The summed E-state index contributed by atoms with van der Waals surface area (Å²) in [5.41, 5.74) is 6.64. The SMILES string of the molecule is CCNCC1CCc2cc(OCc3ccc(-c4ccccc4)cc3)ccc2C1.Cl. The number of halogens is 1. The maximum atomic E-state index is 6.08. The second-order valence-corrected chi connectivity index (χ2v) is 7.70. The van der Waals surface area contributed by atoms with Crippen LogP contribution in [0.5, 0.6) is 5.75 Å². The zero-order valence-electron chi connectivity index (χ0n) is 17.1. The molecule has 0 spiro atoms. The molecule has 1 atom stereocenters. The molecule has 0 amide bonds. The molecule has 0 bridgehead atoms. The van der Waals surface area contributed by atoms with Crippen molar-refractivity contribution in [1.82, 2.24) is 5.32 Å². The number of fused-ring (bicyclic) bond motifs is 1. The molecule has 0 aromatic heterocycles. The summed E-state index contributed by atoms with van der Waals surface area (Å²) in [5.74, 6) is 1.75. The zero-order valence-corrected chi connectivity index (χ0v) is 17.9. The first kappa shape index (κ1) is 21.4. The summed E-state index contributed by atoms with van der Waals surface area (Å²) in [6.45, 7) is 4.97. The quantitative estimate of drug-likeness (QED) is 0.513. The minimum Gasteiger partial charge on any atom is -0.489 e. The van der Waals surface area contributed by atoms with Gasteiger partial charge in [-0.2, -0.15) is 0 Å². The minimum atomic E-state index is 0. The standard InChI is InChI=1S/C26H29NO.ClH/c1-2-27-18-21-10-13-25-17-26(15-14-24(25)16-21)28-19-20-8-11-23(12-9-20)22-6-4-3-5-7-22;/h3-9,11-12,14-15,17,21,27H,2,10,13,16,18-19H2,1H3;1H. The molecule has 1 aliphatic rings. The number of benzene rings is 3. The predicted molar refractivity (Wildman–Crippen MR) is 124 cm³/mol. The Balaban J connectivity index is 0.00000240. The topological polar surface area (TPSA) is 21.3 Å². The Kier molecular flexibility index (Phi) is 7.74. The predicted octanol–water partition coefficient (Wildman–Crippen LogP) is 6.07. The molecule has 152 valence electrons. The average molecular weight is 408 g/mol. The van der Waals surface area contributed by atoms with E-state index in [0.29, 0.717) is 6.61 Å². The molecule has 2 nitrogen and oxygen atoms in total. The molecular weight excluding hydrogens is 378 g/mol. The molecule has 0 saturated heterocycles. The summed E-state index contributed by atoms with van der Waals surface area (Å²) in [5, 5.41) is 3.49.